The second-order valence-electron chi connectivity index (χ2n) is 7.87. The highest BCUT2D eigenvalue weighted by molar-refractivity contribution is 5.76. The molecule has 0 bridgehead atoms. The lowest BCUT2D eigenvalue weighted by Crippen LogP contribution is -2.40. The third-order valence-electron chi connectivity index (χ3n) is 5.66. The number of aryl methyl sites for hydroxylation is 1. The molecule has 1 aromatic heterocycles. The Kier molecular flexibility index (Phi) is 5.93. The third-order valence-corrected chi connectivity index (χ3v) is 5.66. The number of nitrogens with zero attached hydrogens (tertiary/aromatic N) is 4. The van der Waals surface area contributed by atoms with E-state index < -0.39 is 0 Å². The van der Waals surface area contributed by atoms with E-state index in [9.17, 15) is 4.79 Å². The van der Waals surface area contributed by atoms with Gasteiger partial charge in [-0.1, -0.05) is 0 Å². The lowest BCUT2D eigenvalue weighted by Gasteiger charge is -2.33. The molecule has 0 spiro atoms. The molecule has 24 heavy (non-hydrogen) atoms. The van der Waals surface area contributed by atoms with Gasteiger partial charge in [-0.2, -0.15) is 5.10 Å². The molecule has 0 unspecified atom stereocenters. The van der Waals surface area contributed by atoms with Gasteiger partial charge in [0.25, 0.3) is 0 Å². The summed E-state index contributed by atoms with van der Waals surface area (Å²) in [6.07, 6.45) is 10.6. The van der Waals surface area contributed by atoms with Gasteiger partial charge in [0, 0.05) is 38.8 Å². The van der Waals surface area contributed by atoms with Crippen LogP contribution in [-0.2, 0) is 11.3 Å². The number of carbonyl (C=O) groups is 1. The Morgan fingerprint density at radius 3 is 2.67 bits per heavy atom. The Labute approximate surface area is 146 Å². The Morgan fingerprint density at radius 2 is 2.00 bits per heavy atom. The normalized spacial score (nSPS) is 23.6. The van der Waals surface area contributed by atoms with E-state index in [-0.39, 0.29) is 0 Å². The Hall–Kier alpha value is -1.36. The maximum atomic E-state index is 12.5. The summed E-state index contributed by atoms with van der Waals surface area (Å²) in [5, 5.41) is 4.38. The molecule has 2 aliphatic heterocycles. The first kappa shape index (κ1) is 17.5. The molecular weight excluding hydrogens is 300 g/mol. The standard InChI is InChI=1S/C19H32N4O/c1-16-12-20-23(13-16)15-18-7-10-22(11-8-18)19(24)6-5-17-4-3-9-21(2)14-17/h12-13,17-18H,3-11,14-15H2,1-2H3/t17-/m0/s1. The molecule has 0 saturated carbocycles. The molecule has 2 aliphatic rings. The summed E-state index contributed by atoms with van der Waals surface area (Å²) < 4.78 is 2.05. The van der Waals surface area contributed by atoms with Crippen molar-refractivity contribution in [1.29, 1.82) is 0 Å². The molecule has 3 rings (SSSR count). The first-order valence-electron chi connectivity index (χ1n) is 9.55. The second-order valence-corrected chi connectivity index (χ2v) is 7.87. The van der Waals surface area contributed by atoms with Gasteiger partial charge in [0.15, 0.2) is 0 Å². The number of amides is 1. The van der Waals surface area contributed by atoms with Gasteiger partial charge in [0.1, 0.15) is 0 Å². The van der Waals surface area contributed by atoms with Crippen LogP contribution >= 0.6 is 0 Å². The average molecular weight is 332 g/mol. The van der Waals surface area contributed by atoms with Crippen molar-refractivity contribution >= 4 is 5.91 Å². The summed E-state index contributed by atoms with van der Waals surface area (Å²) in [5.41, 5.74) is 1.22. The third kappa shape index (κ3) is 4.82. The van der Waals surface area contributed by atoms with Crippen molar-refractivity contribution in [2.75, 3.05) is 33.2 Å². The summed E-state index contributed by atoms with van der Waals surface area (Å²) in [6, 6.07) is 0. The Balaban J connectivity index is 1.37. The van der Waals surface area contributed by atoms with Crippen LogP contribution in [0, 0.1) is 18.8 Å². The summed E-state index contributed by atoms with van der Waals surface area (Å²) in [4.78, 5) is 17.0. The topological polar surface area (TPSA) is 41.4 Å². The lowest BCUT2D eigenvalue weighted by molar-refractivity contribution is -0.133. The maximum absolute atomic E-state index is 12.5. The average Bonchev–Trinajstić information content (AvgIpc) is 2.98. The molecule has 0 aliphatic carbocycles. The van der Waals surface area contributed by atoms with E-state index in [0.29, 0.717) is 17.7 Å². The predicted molar refractivity (Wildman–Crippen MR) is 95.7 cm³/mol. The number of hydrogen-bond acceptors (Lipinski definition) is 3. The minimum atomic E-state index is 0.372. The highest BCUT2D eigenvalue weighted by Gasteiger charge is 2.24. The summed E-state index contributed by atoms with van der Waals surface area (Å²) >= 11 is 0. The number of piperidine rings is 2. The summed E-state index contributed by atoms with van der Waals surface area (Å²) in [7, 11) is 2.19. The van der Waals surface area contributed by atoms with E-state index in [0.717, 1.165) is 45.3 Å². The van der Waals surface area contributed by atoms with Crippen LogP contribution in [0.1, 0.15) is 44.1 Å². The molecule has 1 atom stereocenters. The van der Waals surface area contributed by atoms with Gasteiger partial charge in [-0.05, 0) is 70.0 Å². The molecular formula is C19H32N4O. The highest BCUT2D eigenvalue weighted by Crippen LogP contribution is 2.23. The van der Waals surface area contributed by atoms with Gasteiger partial charge in [0.2, 0.25) is 5.91 Å². The molecule has 5 heteroatoms. The van der Waals surface area contributed by atoms with Crippen LogP contribution in [0.25, 0.3) is 0 Å². The van der Waals surface area contributed by atoms with E-state index in [1.807, 2.05) is 6.20 Å². The smallest absolute Gasteiger partial charge is 0.222 e. The minimum Gasteiger partial charge on any atom is -0.343 e. The largest absolute Gasteiger partial charge is 0.343 e. The monoisotopic (exact) mass is 332 g/mol. The van der Waals surface area contributed by atoms with Gasteiger partial charge in [0.05, 0.1) is 6.20 Å². The number of aromatic nitrogens is 2. The van der Waals surface area contributed by atoms with Crippen LogP contribution in [0.3, 0.4) is 0 Å². The van der Waals surface area contributed by atoms with Crippen molar-refractivity contribution in [1.82, 2.24) is 19.6 Å². The number of likely N-dealkylation sites (tertiary alicyclic amines) is 2. The zero-order valence-corrected chi connectivity index (χ0v) is 15.3. The van der Waals surface area contributed by atoms with E-state index in [4.69, 9.17) is 0 Å². The van der Waals surface area contributed by atoms with Gasteiger partial charge in [-0.25, -0.2) is 0 Å². The molecule has 1 amide bonds. The van der Waals surface area contributed by atoms with Gasteiger partial charge in [-0.3, -0.25) is 9.48 Å². The quantitative estimate of drug-likeness (QED) is 0.832. The van der Waals surface area contributed by atoms with Crippen molar-refractivity contribution in [3.63, 3.8) is 0 Å². The SMILES string of the molecule is Cc1cnn(CC2CCN(C(=O)CC[C@@H]3CCCN(C)C3)CC2)c1. The van der Waals surface area contributed by atoms with Crippen LogP contribution in [0.15, 0.2) is 12.4 Å². The van der Waals surface area contributed by atoms with E-state index in [2.05, 4.69) is 39.7 Å². The summed E-state index contributed by atoms with van der Waals surface area (Å²) in [6.45, 7) is 7.30. The number of rotatable bonds is 5. The van der Waals surface area contributed by atoms with Crippen molar-refractivity contribution in [2.24, 2.45) is 11.8 Å². The Morgan fingerprint density at radius 1 is 1.21 bits per heavy atom. The predicted octanol–water partition coefficient (Wildman–Crippen LogP) is 2.55. The maximum Gasteiger partial charge on any atom is 0.222 e. The second kappa shape index (κ2) is 8.15. The van der Waals surface area contributed by atoms with Crippen LogP contribution in [0.5, 0.6) is 0 Å². The molecule has 2 saturated heterocycles. The fraction of sp³-hybridized carbons (Fsp3) is 0.789. The zero-order valence-electron chi connectivity index (χ0n) is 15.3. The van der Waals surface area contributed by atoms with Crippen LogP contribution < -0.4 is 0 Å². The molecule has 2 fully saturated rings. The minimum absolute atomic E-state index is 0.372. The molecule has 134 valence electrons. The van der Waals surface area contributed by atoms with E-state index in [1.165, 1.54) is 31.5 Å². The number of hydrogen-bond donors (Lipinski definition) is 0. The van der Waals surface area contributed by atoms with Crippen molar-refractivity contribution < 1.29 is 4.79 Å². The van der Waals surface area contributed by atoms with Crippen molar-refractivity contribution in [2.45, 2.75) is 52.0 Å². The van der Waals surface area contributed by atoms with Gasteiger partial charge in [-0.15, -0.1) is 0 Å². The van der Waals surface area contributed by atoms with Crippen molar-refractivity contribution in [3.05, 3.63) is 18.0 Å². The Bertz CT molecular complexity index is 533. The molecule has 0 aromatic carbocycles. The first-order valence-corrected chi connectivity index (χ1v) is 9.55. The number of carbonyl (C=O) groups excluding carboxylic acids is 1. The lowest BCUT2D eigenvalue weighted by atomic mass is 9.92. The van der Waals surface area contributed by atoms with Crippen LogP contribution in [0.2, 0.25) is 0 Å². The zero-order chi connectivity index (χ0) is 16.9. The van der Waals surface area contributed by atoms with Crippen molar-refractivity contribution in [3.8, 4) is 0 Å². The molecule has 3 heterocycles. The molecule has 0 N–H and O–H groups in total. The van der Waals surface area contributed by atoms with Gasteiger partial charge >= 0.3 is 0 Å². The van der Waals surface area contributed by atoms with E-state index in [1.54, 1.807) is 0 Å². The van der Waals surface area contributed by atoms with E-state index >= 15 is 0 Å². The highest BCUT2D eigenvalue weighted by atomic mass is 16.2. The molecule has 1 aromatic rings. The molecule has 0 radical (unpaired) electrons. The van der Waals surface area contributed by atoms with Crippen LogP contribution in [0.4, 0.5) is 0 Å². The fourth-order valence-corrected chi connectivity index (χ4v) is 4.19. The summed E-state index contributed by atoms with van der Waals surface area (Å²) in [5.74, 6) is 1.74. The molecule has 5 nitrogen and oxygen atoms in total. The fourth-order valence-electron chi connectivity index (χ4n) is 4.19. The first-order chi connectivity index (χ1) is 11.6. The van der Waals surface area contributed by atoms with Crippen LogP contribution in [-0.4, -0.2) is 58.7 Å². The van der Waals surface area contributed by atoms with Gasteiger partial charge < -0.3 is 9.80 Å².